The highest BCUT2D eigenvalue weighted by molar-refractivity contribution is 6.01. The number of Topliss-reactive ketones (excluding diaryl/α,β-unsaturated/α-hetero) is 1. The van der Waals surface area contributed by atoms with Crippen molar-refractivity contribution in [3.8, 4) is 33.9 Å². The molecule has 5 heteroatoms. The van der Waals surface area contributed by atoms with Gasteiger partial charge < -0.3 is 14.0 Å². The van der Waals surface area contributed by atoms with Crippen molar-refractivity contribution in [1.82, 2.24) is 5.16 Å². The Hall–Kier alpha value is -3.08. The molecule has 0 aliphatic heterocycles. The predicted octanol–water partition coefficient (Wildman–Crippen LogP) is 4.23. The molecule has 5 nitrogen and oxygen atoms in total. The van der Waals surface area contributed by atoms with Gasteiger partial charge in [0.05, 0.1) is 19.8 Å². The normalized spacial score (nSPS) is 10.5. The Morgan fingerprint density at radius 2 is 1.38 bits per heavy atom. The Morgan fingerprint density at radius 3 is 1.83 bits per heavy atom. The quantitative estimate of drug-likeness (QED) is 0.658. The zero-order chi connectivity index (χ0) is 17.1. The summed E-state index contributed by atoms with van der Waals surface area (Å²) in [6.45, 7) is 1.46. The molecular weight excluding hydrogens is 306 g/mol. The van der Waals surface area contributed by atoms with E-state index >= 15 is 0 Å². The lowest BCUT2D eigenvalue weighted by atomic mass is 9.98. The number of aromatic nitrogens is 1. The van der Waals surface area contributed by atoms with E-state index in [1.54, 1.807) is 14.2 Å². The Morgan fingerprint density at radius 1 is 0.875 bits per heavy atom. The van der Waals surface area contributed by atoms with Gasteiger partial charge in [0.25, 0.3) is 0 Å². The van der Waals surface area contributed by atoms with Crippen molar-refractivity contribution in [2.24, 2.45) is 0 Å². The lowest BCUT2D eigenvalue weighted by Gasteiger charge is -2.06. The number of hydrogen-bond acceptors (Lipinski definition) is 5. The third-order valence-electron chi connectivity index (χ3n) is 3.75. The van der Waals surface area contributed by atoms with Crippen LogP contribution in [0, 0.1) is 0 Å². The fraction of sp³-hybridized carbons (Fsp3) is 0.158. The molecule has 0 radical (unpaired) electrons. The van der Waals surface area contributed by atoms with Crippen LogP contribution in [0.3, 0.4) is 0 Å². The van der Waals surface area contributed by atoms with Crippen LogP contribution in [0.5, 0.6) is 11.5 Å². The lowest BCUT2D eigenvalue weighted by Crippen LogP contribution is -1.93. The topological polar surface area (TPSA) is 61.6 Å². The third kappa shape index (κ3) is 2.88. The maximum atomic E-state index is 11.9. The highest BCUT2D eigenvalue weighted by Gasteiger charge is 2.22. The first-order chi connectivity index (χ1) is 11.6. The Kier molecular flexibility index (Phi) is 4.33. The molecule has 0 aliphatic rings. The van der Waals surface area contributed by atoms with Crippen LogP contribution in [0.2, 0.25) is 0 Å². The summed E-state index contributed by atoms with van der Waals surface area (Å²) in [6, 6.07) is 14.9. The minimum absolute atomic E-state index is 0.173. The number of ketones is 1. The van der Waals surface area contributed by atoms with E-state index in [0.717, 1.165) is 22.6 Å². The average Bonchev–Trinajstić information content (AvgIpc) is 3.07. The van der Waals surface area contributed by atoms with Gasteiger partial charge in [-0.2, -0.15) is 0 Å². The molecule has 3 rings (SSSR count). The first kappa shape index (κ1) is 15.8. The minimum Gasteiger partial charge on any atom is -0.497 e. The highest BCUT2D eigenvalue weighted by atomic mass is 16.5. The summed E-state index contributed by atoms with van der Waals surface area (Å²) in [5.41, 5.74) is 2.98. The van der Waals surface area contributed by atoms with E-state index < -0.39 is 0 Å². The standard InChI is InChI=1S/C19H17NO4/c1-12(21)19-17(13-4-8-15(22-2)9-5-13)18(20-24-19)14-6-10-16(23-3)11-7-14/h4-11H,1-3H3. The number of carbonyl (C=O) groups excluding carboxylic acids is 1. The van der Waals surface area contributed by atoms with Crippen LogP contribution in [-0.4, -0.2) is 25.2 Å². The van der Waals surface area contributed by atoms with E-state index in [1.807, 2.05) is 48.5 Å². The Balaban J connectivity index is 2.14. The van der Waals surface area contributed by atoms with Gasteiger partial charge in [-0.05, 0) is 42.0 Å². The first-order valence-corrected chi connectivity index (χ1v) is 7.43. The Bertz CT molecular complexity index is 848. The van der Waals surface area contributed by atoms with Gasteiger partial charge in [0, 0.05) is 12.5 Å². The summed E-state index contributed by atoms with van der Waals surface area (Å²) in [4.78, 5) is 11.9. The summed E-state index contributed by atoms with van der Waals surface area (Å²) >= 11 is 0. The zero-order valence-corrected chi connectivity index (χ0v) is 13.7. The molecule has 0 fully saturated rings. The van der Waals surface area contributed by atoms with E-state index in [0.29, 0.717) is 11.3 Å². The van der Waals surface area contributed by atoms with Gasteiger partial charge in [0.1, 0.15) is 17.2 Å². The number of carbonyl (C=O) groups is 1. The molecule has 0 N–H and O–H groups in total. The number of benzene rings is 2. The van der Waals surface area contributed by atoms with Gasteiger partial charge in [0.15, 0.2) is 5.78 Å². The Labute approximate surface area is 139 Å². The molecule has 0 atom stereocenters. The van der Waals surface area contributed by atoms with E-state index in [-0.39, 0.29) is 11.5 Å². The summed E-state index contributed by atoms with van der Waals surface area (Å²) in [5.74, 6) is 1.56. The predicted molar refractivity (Wildman–Crippen MR) is 90.5 cm³/mol. The van der Waals surface area contributed by atoms with Gasteiger partial charge in [-0.3, -0.25) is 4.79 Å². The summed E-state index contributed by atoms with van der Waals surface area (Å²) in [7, 11) is 3.22. The van der Waals surface area contributed by atoms with Gasteiger partial charge in [0.2, 0.25) is 5.76 Å². The maximum Gasteiger partial charge on any atom is 0.210 e. The van der Waals surface area contributed by atoms with Crippen molar-refractivity contribution in [3.63, 3.8) is 0 Å². The number of hydrogen-bond donors (Lipinski definition) is 0. The number of methoxy groups -OCH3 is 2. The van der Waals surface area contributed by atoms with Gasteiger partial charge in [-0.25, -0.2) is 0 Å². The molecule has 1 aromatic heterocycles. The molecule has 24 heavy (non-hydrogen) atoms. The fourth-order valence-corrected chi connectivity index (χ4v) is 2.50. The van der Waals surface area contributed by atoms with E-state index in [2.05, 4.69) is 5.16 Å². The number of ether oxygens (including phenoxy) is 2. The van der Waals surface area contributed by atoms with Crippen LogP contribution >= 0.6 is 0 Å². The zero-order valence-electron chi connectivity index (χ0n) is 13.7. The molecule has 3 aromatic rings. The second kappa shape index (κ2) is 6.58. The van der Waals surface area contributed by atoms with Crippen LogP contribution in [-0.2, 0) is 0 Å². The molecule has 0 aliphatic carbocycles. The first-order valence-electron chi connectivity index (χ1n) is 7.43. The third-order valence-corrected chi connectivity index (χ3v) is 3.75. The molecular formula is C19H17NO4. The molecule has 0 amide bonds. The molecule has 0 unspecified atom stereocenters. The van der Waals surface area contributed by atoms with Crippen LogP contribution in [0.15, 0.2) is 53.1 Å². The highest BCUT2D eigenvalue weighted by Crippen LogP contribution is 2.36. The van der Waals surface area contributed by atoms with E-state index in [9.17, 15) is 4.79 Å². The summed E-state index contributed by atoms with van der Waals surface area (Å²) < 4.78 is 15.7. The monoisotopic (exact) mass is 323 g/mol. The largest absolute Gasteiger partial charge is 0.497 e. The van der Waals surface area contributed by atoms with Gasteiger partial charge in [-0.15, -0.1) is 0 Å². The van der Waals surface area contributed by atoms with E-state index in [4.69, 9.17) is 14.0 Å². The van der Waals surface area contributed by atoms with Gasteiger partial charge >= 0.3 is 0 Å². The molecule has 0 saturated heterocycles. The second-order valence-corrected chi connectivity index (χ2v) is 5.25. The molecule has 122 valence electrons. The van der Waals surface area contributed by atoms with Crippen LogP contribution in [0.4, 0.5) is 0 Å². The molecule has 0 bridgehead atoms. The summed E-state index contributed by atoms with van der Waals surface area (Å²) in [5, 5.41) is 4.11. The minimum atomic E-state index is -0.173. The van der Waals surface area contributed by atoms with Crippen molar-refractivity contribution < 1.29 is 18.8 Å². The van der Waals surface area contributed by atoms with E-state index in [1.165, 1.54) is 6.92 Å². The molecule has 0 spiro atoms. The van der Waals surface area contributed by atoms with Crippen LogP contribution in [0.1, 0.15) is 17.5 Å². The molecule has 1 heterocycles. The van der Waals surface area contributed by atoms with Crippen molar-refractivity contribution in [3.05, 3.63) is 54.3 Å². The molecule has 0 saturated carbocycles. The molecule has 2 aromatic carbocycles. The SMILES string of the molecule is COc1ccc(-c2noc(C(C)=O)c2-c2ccc(OC)cc2)cc1. The average molecular weight is 323 g/mol. The number of rotatable bonds is 5. The fourth-order valence-electron chi connectivity index (χ4n) is 2.50. The van der Waals surface area contributed by atoms with Crippen molar-refractivity contribution >= 4 is 5.78 Å². The number of nitrogens with zero attached hydrogens (tertiary/aromatic N) is 1. The van der Waals surface area contributed by atoms with Crippen molar-refractivity contribution in [2.45, 2.75) is 6.92 Å². The van der Waals surface area contributed by atoms with Crippen LogP contribution < -0.4 is 9.47 Å². The van der Waals surface area contributed by atoms with Crippen molar-refractivity contribution in [2.75, 3.05) is 14.2 Å². The smallest absolute Gasteiger partial charge is 0.210 e. The second-order valence-electron chi connectivity index (χ2n) is 5.25. The summed E-state index contributed by atoms with van der Waals surface area (Å²) in [6.07, 6.45) is 0. The van der Waals surface area contributed by atoms with Crippen LogP contribution in [0.25, 0.3) is 22.4 Å². The maximum absolute atomic E-state index is 11.9. The van der Waals surface area contributed by atoms with Crippen molar-refractivity contribution in [1.29, 1.82) is 0 Å². The lowest BCUT2D eigenvalue weighted by molar-refractivity contribution is 0.0979. The van der Waals surface area contributed by atoms with Gasteiger partial charge in [-0.1, -0.05) is 17.3 Å².